The van der Waals surface area contributed by atoms with Gasteiger partial charge in [-0.2, -0.15) is 26.3 Å². The summed E-state index contributed by atoms with van der Waals surface area (Å²) in [6.45, 7) is 1.78. The van der Waals surface area contributed by atoms with Crippen LogP contribution >= 0.6 is 23.5 Å². The van der Waals surface area contributed by atoms with E-state index < -0.39 is 40.7 Å². The van der Waals surface area contributed by atoms with Crippen LogP contribution in [0.2, 0.25) is 0 Å². The normalized spacial score (nSPS) is 12.3. The van der Waals surface area contributed by atoms with Gasteiger partial charge < -0.3 is 10.4 Å². The molecule has 172 valence electrons. The lowest BCUT2D eigenvalue weighted by atomic mass is 10.2. The van der Waals surface area contributed by atoms with Crippen molar-refractivity contribution in [1.82, 2.24) is 9.38 Å². The van der Waals surface area contributed by atoms with E-state index in [2.05, 4.69) is 10.3 Å². The number of benzene rings is 1. The minimum Gasteiger partial charge on any atom is -0.506 e. The zero-order valence-electron chi connectivity index (χ0n) is 16.2. The van der Waals surface area contributed by atoms with Crippen LogP contribution in [0.15, 0.2) is 46.5 Å². The Morgan fingerprint density at radius 1 is 1.16 bits per heavy atom. The number of nitrogens with one attached hydrogen (secondary N) is 1. The molecule has 3 rings (SSSR count). The predicted octanol–water partition coefficient (Wildman–Crippen LogP) is 5.96. The molecule has 2 heterocycles. The van der Waals surface area contributed by atoms with Crippen LogP contribution in [0.1, 0.15) is 18.2 Å². The molecule has 5 nitrogen and oxygen atoms in total. The fourth-order valence-electron chi connectivity index (χ4n) is 2.80. The topological polar surface area (TPSA) is 66.6 Å². The van der Waals surface area contributed by atoms with Gasteiger partial charge in [0.15, 0.2) is 0 Å². The van der Waals surface area contributed by atoms with Crippen molar-refractivity contribution < 1.29 is 36.2 Å². The van der Waals surface area contributed by atoms with E-state index in [4.69, 9.17) is 0 Å². The highest BCUT2D eigenvalue weighted by molar-refractivity contribution is 8.00. The van der Waals surface area contributed by atoms with Crippen LogP contribution in [0.4, 0.5) is 32.0 Å². The fraction of sp³-hybridized carbons (Fsp3) is 0.263. The molecule has 0 saturated heterocycles. The summed E-state index contributed by atoms with van der Waals surface area (Å²) < 4.78 is 78.2. The minimum atomic E-state index is -4.55. The van der Waals surface area contributed by atoms with Crippen LogP contribution in [-0.4, -0.2) is 31.7 Å². The van der Waals surface area contributed by atoms with Gasteiger partial charge in [0, 0.05) is 11.1 Å². The van der Waals surface area contributed by atoms with Crippen LogP contribution in [0, 0.1) is 0 Å². The Kier molecular flexibility index (Phi) is 6.89. The molecule has 0 radical (unpaired) electrons. The Labute approximate surface area is 186 Å². The highest BCUT2D eigenvalue weighted by Gasteiger charge is 2.32. The number of pyridine rings is 1. The number of alkyl halides is 6. The quantitative estimate of drug-likeness (QED) is 0.251. The van der Waals surface area contributed by atoms with Gasteiger partial charge in [0.25, 0.3) is 0 Å². The fourth-order valence-corrected chi connectivity index (χ4v) is 4.23. The number of thioether (sulfide) groups is 2. The molecular formula is C19H15F6N3O2S2. The highest BCUT2D eigenvalue weighted by Crippen LogP contribution is 2.39. The maximum absolute atomic E-state index is 13.1. The smallest absolute Gasteiger partial charge is 0.446 e. The number of carbonyl (C=O) groups excluding carboxylic acids is 1. The van der Waals surface area contributed by atoms with Gasteiger partial charge in [0.2, 0.25) is 5.91 Å². The van der Waals surface area contributed by atoms with Gasteiger partial charge in [0.1, 0.15) is 16.4 Å². The van der Waals surface area contributed by atoms with E-state index in [1.54, 1.807) is 6.92 Å². The van der Waals surface area contributed by atoms with E-state index >= 15 is 0 Å². The Morgan fingerprint density at radius 3 is 2.50 bits per heavy atom. The second-order valence-corrected chi connectivity index (χ2v) is 8.78. The lowest BCUT2D eigenvalue weighted by Crippen LogP contribution is -2.15. The lowest BCUT2D eigenvalue weighted by molar-refractivity contribution is -0.137. The molecule has 2 N–H and O–H groups in total. The van der Waals surface area contributed by atoms with Gasteiger partial charge in [-0.1, -0.05) is 6.92 Å². The van der Waals surface area contributed by atoms with Crippen molar-refractivity contribution >= 4 is 40.8 Å². The number of phenolic OH excluding ortho intramolecular Hbond substituents is 1. The number of hydrogen-bond donors (Lipinski definition) is 2. The zero-order valence-corrected chi connectivity index (χ0v) is 17.8. The summed E-state index contributed by atoms with van der Waals surface area (Å²) in [4.78, 5) is 16.5. The summed E-state index contributed by atoms with van der Waals surface area (Å²) in [7, 11) is 0. The van der Waals surface area contributed by atoms with Gasteiger partial charge in [-0.05, 0) is 47.8 Å². The molecule has 0 unspecified atom stereocenters. The molecule has 0 fully saturated rings. The first kappa shape index (κ1) is 24.1. The van der Waals surface area contributed by atoms with Crippen LogP contribution in [0.5, 0.6) is 5.75 Å². The molecule has 0 bridgehead atoms. The second-order valence-electron chi connectivity index (χ2n) is 6.39. The van der Waals surface area contributed by atoms with Crippen molar-refractivity contribution in [3.8, 4) is 5.75 Å². The monoisotopic (exact) mass is 495 g/mol. The summed E-state index contributed by atoms with van der Waals surface area (Å²) in [5, 5.41) is 12.5. The SMILES string of the molecule is CCSc1c(CC(=O)Nc2cc(SC(F)(F)F)ccc2O)nc2ccc(C(F)(F)F)cn12. The van der Waals surface area contributed by atoms with Crippen molar-refractivity contribution in [2.75, 3.05) is 11.1 Å². The Bertz CT molecular complexity index is 1140. The molecule has 13 heteroatoms. The minimum absolute atomic E-state index is 0.203. The molecular weight excluding hydrogens is 480 g/mol. The van der Waals surface area contributed by atoms with E-state index in [0.29, 0.717) is 10.8 Å². The van der Waals surface area contributed by atoms with Gasteiger partial charge in [0.05, 0.1) is 23.4 Å². The van der Waals surface area contributed by atoms with Crippen molar-refractivity contribution in [2.45, 2.75) is 35.0 Å². The molecule has 0 atom stereocenters. The molecule has 0 aliphatic carbocycles. The maximum atomic E-state index is 13.1. The number of hydrogen-bond acceptors (Lipinski definition) is 5. The number of amides is 1. The van der Waals surface area contributed by atoms with E-state index in [-0.39, 0.29) is 28.3 Å². The predicted molar refractivity (Wildman–Crippen MR) is 109 cm³/mol. The number of fused-ring (bicyclic) bond motifs is 1. The average Bonchev–Trinajstić information content (AvgIpc) is 2.99. The van der Waals surface area contributed by atoms with Gasteiger partial charge in [-0.3, -0.25) is 9.20 Å². The second kappa shape index (κ2) is 9.14. The van der Waals surface area contributed by atoms with Gasteiger partial charge in [-0.15, -0.1) is 11.8 Å². The van der Waals surface area contributed by atoms with Crippen molar-refractivity contribution in [1.29, 1.82) is 0 Å². The molecule has 0 saturated carbocycles. The summed E-state index contributed by atoms with van der Waals surface area (Å²) >= 11 is 0.790. The molecule has 32 heavy (non-hydrogen) atoms. The first-order chi connectivity index (χ1) is 14.9. The van der Waals surface area contributed by atoms with Crippen LogP contribution in [0.3, 0.4) is 0 Å². The Balaban J connectivity index is 1.87. The number of halogens is 6. The van der Waals surface area contributed by atoms with Crippen LogP contribution < -0.4 is 5.32 Å². The van der Waals surface area contributed by atoms with Crippen molar-refractivity contribution in [2.24, 2.45) is 0 Å². The molecule has 0 spiro atoms. The number of aromatic hydroxyl groups is 1. The number of carbonyl (C=O) groups is 1. The summed E-state index contributed by atoms with van der Waals surface area (Å²) in [6.07, 6.45) is -4.02. The van der Waals surface area contributed by atoms with Gasteiger partial charge in [-0.25, -0.2) is 4.98 Å². The molecule has 3 aromatic rings. The third-order valence-corrected chi connectivity index (χ3v) is 5.77. The van der Waals surface area contributed by atoms with E-state index in [0.717, 1.165) is 30.5 Å². The standard InChI is InChI=1S/C19H15F6N3O2S2/c1-2-31-17-13(26-15-6-3-10(9-28(15)17)18(20,21)22)8-16(30)27-12-7-11(4-5-14(12)29)32-19(23,24)25/h3-7,9,29H,2,8H2,1H3,(H,27,30). The zero-order chi connectivity index (χ0) is 23.7. The molecule has 0 aliphatic rings. The van der Waals surface area contributed by atoms with E-state index in [1.807, 2.05) is 0 Å². The van der Waals surface area contributed by atoms with Crippen molar-refractivity contribution in [3.63, 3.8) is 0 Å². The maximum Gasteiger partial charge on any atom is 0.446 e. The van der Waals surface area contributed by atoms with E-state index in [1.165, 1.54) is 22.2 Å². The van der Waals surface area contributed by atoms with Crippen LogP contribution in [0.25, 0.3) is 5.65 Å². The Morgan fingerprint density at radius 2 is 1.88 bits per heavy atom. The summed E-state index contributed by atoms with van der Waals surface area (Å²) in [6, 6.07) is 5.12. The Hall–Kier alpha value is -2.54. The number of aromatic nitrogens is 2. The molecule has 1 amide bonds. The molecule has 2 aromatic heterocycles. The lowest BCUT2D eigenvalue weighted by Gasteiger charge is -2.11. The largest absolute Gasteiger partial charge is 0.506 e. The number of phenols is 1. The molecule has 1 aromatic carbocycles. The van der Waals surface area contributed by atoms with Crippen molar-refractivity contribution in [3.05, 3.63) is 47.8 Å². The summed E-state index contributed by atoms with van der Waals surface area (Å²) in [5.74, 6) is -0.638. The number of anilines is 1. The average molecular weight is 495 g/mol. The number of imidazole rings is 1. The third-order valence-electron chi connectivity index (χ3n) is 4.05. The van der Waals surface area contributed by atoms with Gasteiger partial charge >= 0.3 is 11.7 Å². The summed E-state index contributed by atoms with van der Waals surface area (Å²) in [5.41, 5.74) is -5.23. The van der Waals surface area contributed by atoms with E-state index in [9.17, 15) is 36.2 Å². The van der Waals surface area contributed by atoms with Crippen LogP contribution in [-0.2, 0) is 17.4 Å². The highest BCUT2D eigenvalue weighted by atomic mass is 32.2. The number of rotatable bonds is 6. The molecule has 0 aliphatic heterocycles. The number of nitrogens with zero attached hydrogens (tertiary/aromatic N) is 2. The first-order valence-electron chi connectivity index (χ1n) is 8.97. The first-order valence-corrected chi connectivity index (χ1v) is 10.8. The third kappa shape index (κ3) is 5.82.